The number of thiophene rings is 1. The van der Waals surface area contributed by atoms with E-state index in [9.17, 15) is 0 Å². The third-order valence-electron chi connectivity index (χ3n) is 13.0. The Balaban J connectivity index is 0.972. The maximum absolute atomic E-state index is 5.26. The van der Waals surface area contributed by atoms with Gasteiger partial charge >= 0.3 is 0 Å². The Hall–Kier alpha value is -7.79. The van der Waals surface area contributed by atoms with Gasteiger partial charge in [-0.1, -0.05) is 194 Å². The van der Waals surface area contributed by atoms with E-state index in [-0.39, 0.29) is 0 Å². The molecule has 0 saturated heterocycles. The van der Waals surface area contributed by atoms with Gasteiger partial charge in [-0.25, -0.2) is 15.0 Å². The molecule has 0 bridgehead atoms. The van der Waals surface area contributed by atoms with E-state index in [1.165, 1.54) is 75.8 Å². The van der Waals surface area contributed by atoms with Crippen molar-refractivity contribution in [3.05, 3.63) is 235 Å². The van der Waals surface area contributed by atoms with E-state index in [0.29, 0.717) is 17.5 Å². The van der Waals surface area contributed by atoms with Crippen LogP contribution in [0.25, 0.3) is 98.8 Å². The molecule has 11 aromatic rings. The summed E-state index contributed by atoms with van der Waals surface area (Å²) >= 11 is 1.80. The van der Waals surface area contributed by atoms with Crippen LogP contribution in [-0.2, 0) is 5.41 Å². The highest BCUT2D eigenvalue weighted by Gasteiger charge is 2.51. The Morgan fingerprint density at radius 2 is 0.790 bits per heavy atom. The quantitative estimate of drug-likeness (QED) is 0.174. The van der Waals surface area contributed by atoms with Crippen molar-refractivity contribution in [2.45, 2.75) is 5.41 Å². The summed E-state index contributed by atoms with van der Waals surface area (Å²) in [5.74, 6) is 1.94. The van der Waals surface area contributed by atoms with Gasteiger partial charge in [0, 0.05) is 36.9 Å². The van der Waals surface area contributed by atoms with E-state index in [4.69, 9.17) is 15.0 Å². The normalized spacial score (nSPS) is 13.0. The van der Waals surface area contributed by atoms with E-state index in [2.05, 4.69) is 194 Å². The molecule has 2 aromatic heterocycles. The van der Waals surface area contributed by atoms with Crippen molar-refractivity contribution < 1.29 is 0 Å². The second kappa shape index (κ2) is 13.6. The number of fused-ring (bicyclic) bond motifs is 13. The fourth-order valence-corrected chi connectivity index (χ4v) is 11.5. The number of nitrogens with zero attached hydrogens (tertiary/aromatic N) is 3. The molecule has 0 radical (unpaired) electrons. The molecular formula is C58H35N3S. The fourth-order valence-electron chi connectivity index (χ4n) is 10.4. The van der Waals surface area contributed by atoms with Crippen LogP contribution in [0.2, 0.25) is 0 Å². The Bertz CT molecular complexity index is 3560. The standard InChI is InChI=1S/C58H35N3S/c1-2-16-36(17-3-1)55-59-56(39-32-33-45-44-23-9-13-31-52(44)62-53(45)35-39)61-57(60-55)46-24-5-4-20-40(46)37-18-14-19-38(34-37)41-26-15-30-51-54(41)47-25-8-12-29-50(47)58(51)48-27-10-6-21-42(48)43-22-7-11-28-49(43)58/h1-35H. The van der Waals surface area contributed by atoms with Crippen LogP contribution in [0, 0.1) is 0 Å². The van der Waals surface area contributed by atoms with Crippen LogP contribution in [0.1, 0.15) is 22.3 Å². The van der Waals surface area contributed by atoms with Crippen LogP contribution in [0.3, 0.4) is 0 Å². The highest BCUT2D eigenvalue weighted by Crippen LogP contribution is 2.64. The average molecular weight is 806 g/mol. The minimum absolute atomic E-state index is 0.395. The maximum Gasteiger partial charge on any atom is 0.164 e. The lowest BCUT2D eigenvalue weighted by molar-refractivity contribution is 0.794. The first kappa shape index (κ1) is 35.0. The Kier molecular flexibility index (Phi) is 7.69. The number of rotatable bonds is 5. The van der Waals surface area contributed by atoms with Crippen molar-refractivity contribution in [3.8, 4) is 78.7 Å². The van der Waals surface area contributed by atoms with Crippen molar-refractivity contribution in [2.24, 2.45) is 0 Å². The van der Waals surface area contributed by atoms with Gasteiger partial charge in [-0.15, -0.1) is 11.3 Å². The zero-order valence-electron chi connectivity index (χ0n) is 33.5. The highest BCUT2D eigenvalue weighted by molar-refractivity contribution is 7.25. The summed E-state index contributed by atoms with van der Waals surface area (Å²) in [6.07, 6.45) is 0. The molecule has 2 aliphatic carbocycles. The summed E-state index contributed by atoms with van der Waals surface area (Å²) in [6, 6.07) is 76.8. The summed E-state index contributed by atoms with van der Waals surface area (Å²) < 4.78 is 2.49. The molecule has 13 rings (SSSR count). The third kappa shape index (κ3) is 5.08. The fraction of sp³-hybridized carbons (Fsp3) is 0.0172. The molecule has 0 atom stereocenters. The molecule has 9 aromatic carbocycles. The second-order valence-corrected chi connectivity index (χ2v) is 17.3. The van der Waals surface area contributed by atoms with Gasteiger partial charge in [-0.3, -0.25) is 0 Å². The van der Waals surface area contributed by atoms with Gasteiger partial charge in [-0.2, -0.15) is 0 Å². The first-order chi connectivity index (χ1) is 30.7. The monoisotopic (exact) mass is 805 g/mol. The van der Waals surface area contributed by atoms with Gasteiger partial charge < -0.3 is 0 Å². The van der Waals surface area contributed by atoms with Crippen molar-refractivity contribution in [2.75, 3.05) is 0 Å². The smallest absolute Gasteiger partial charge is 0.164 e. The van der Waals surface area contributed by atoms with Gasteiger partial charge in [0.1, 0.15) is 0 Å². The zero-order valence-corrected chi connectivity index (χ0v) is 34.3. The van der Waals surface area contributed by atoms with Crippen molar-refractivity contribution in [1.82, 2.24) is 15.0 Å². The molecule has 0 unspecified atom stereocenters. The summed E-state index contributed by atoms with van der Waals surface area (Å²) in [5.41, 5.74) is 17.6. The molecular weight excluding hydrogens is 771 g/mol. The van der Waals surface area contributed by atoms with Crippen LogP contribution >= 0.6 is 11.3 Å². The number of hydrogen-bond donors (Lipinski definition) is 0. The summed E-state index contributed by atoms with van der Waals surface area (Å²) in [6.45, 7) is 0. The molecule has 4 heteroatoms. The number of aromatic nitrogens is 3. The minimum Gasteiger partial charge on any atom is -0.208 e. The topological polar surface area (TPSA) is 38.7 Å². The van der Waals surface area contributed by atoms with Crippen LogP contribution in [-0.4, -0.2) is 15.0 Å². The van der Waals surface area contributed by atoms with Gasteiger partial charge in [0.15, 0.2) is 17.5 Å². The van der Waals surface area contributed by atoms with Gasteiger partial charge in [0.25, 0.3) is 0 Å². The zero-order chi connectivity index (χ0) is 40.8. The Morgan fingerprint density at radius 1 is 0.290 bits per heavy atom. The number of hydrogen-bond acceptors (Lipinski definition) is 4. The van der Waals surface area contributed by atoms with Gasteiger partial charge in [0.05, 0.1) is 5.41 Å². The molecule has 0 saturated carbocycles. The molecule has 3 nitrogen and oxygen atoms in total. The molecule has 2 heterocycles. The largest absolute Gasteiger partial charge is 0.208 e. The summed E-state index contributed by atoms with van der Waals surface area (Å²) in [4.78, 5) is 15.6. The molecule has 0 amide bonds. The molecule has 0 N–H and O–H groups in total. The lowest BCUT2D eigenvalue weighted by Crippen LogP contribution is -2.25. The van der Waals surface area contributed by atoms with Crippen LogP contribution in [0.4, 0.5) is 0 Å². The predicted molar refractivity (Wildman–Crippen MR) is 256 cm³/mol. The number of benzene rings is 9. The van der Waals surface area contributed by atoms with Crippen molar-refractivity contribution >= 4 is 31.5 Å². The van der Waals surface area contributed by atoms with Crippen molar-refractivity contribution in [1.29, 1.82) is 0 Å². The van der Waals surface area contributed by atoms with Crippen LogP contribution in [0.15, 0.2) is 212 Å². The summed E-state index contributed by atoms with van der Waals surface area (Å²) in [7, 11) is 0. The van der Waals surface area contributed by atoms with E-state index < -0.39 is 5.41 Å². The lowest BCUT2D eigenvalue weighted by atomic mass is 9.70. The van der Waals surface area contributed by atoms with Crippen molar-refractivity contribution in [3.63, 3.8) is 0 Å². The first-order valence-corrected chi connectivity index (χ1v) is 21.9. The Labute approximate surface area is 363 Å². The van der Waals surface area contributed by atoms with Gasteiger partial charge in [-0.05, 0) is 85.0 Å². The second-order valence-electron chi connectivity index (χ2n) is 16.2. The van der Waals surface area contributed by atoms with Gasteiger partial charge in [0.2, 0.25) is 0 Å². The molecule has 1 spiro atoms. The summed E-state index contributed by atoms with van der Waals surface area (Å²) in [5, 5.41) is 2.52. The van der Waals surface area contributed by atoms with E-state index in [1.54, 1.807) is 11.3 Å². The average Bonchev–Trinajstić information content (AvgIpc) is 3.98. The molecule has 62 heavy (non-hydrogen) atoms. The Morgan fingerprint density at radius 3 is 1.55 bits per heavy atom. The molecule has 2 aliphatic rings. The van der Waals surface area contributed by atoms with E-state index in [1.807, 2.05) is 18.2 Å². The SMILES string of the molecule is c1ccc(-c2nc(-c3ccc4c(c3)sc3ccccc34)nc(-c3ccccc3-c3cccc(-c4cccc5c4-c4ccccc4C54c5ccccc5-c5ccccc54)c3)n2)cc1. The van der Waals surface area contributed by atoms with E-state index >= 15 is 0 Å². The minimum atomic E-state index is -0.395. The van der Waals surface area contributed by atoms with Crippen LogP contribution < -0.4 is 0 Å². The lowest BCUT2D eigenvalue weighted by Gasteiger charge is -2.30. The highest BCUT2D eigenvalue weighted by atomic mass is 32.1. The molecule has 288 valence electrons. The molecule has 0 aliphatic heterocycles. The maximum atomic E-state index is 5.26. The van der Waals surface area contributed by atoms with Crippen LogP contribution in [0.5, 0.6) is 0 Å². The first-order valence-electron chi connectivity index (χ1n) is 21.1. The third-order valence-corrected chi connectivity index (χ3v) is 14.1. The van der Waals surface area contributed by atoms with E-state index in [0.717, 1.165) is 27.8 Å². The molecule has 0 fully saturated rings. The predicted octanol–water partition coefficient (Wildman–Crippen LogP) is 14.9.